The zero-order valence-electron chi connectivity index (χ0n) is 13.2. The average molecular weight is 295 g/mol. The number of hydrogen-bond donors (Lipinski definition) is 0. The van der Waals surface area contributed by atoms with Gasteiger partial charge in [0.1, 0.15) is 5.75 Å². The van der Waals surface area contributed by atoms with Crippen LogP contribution in [0.5, 0.6) is 5.75 Å². The number of benzene rings is 2. The van der Waals surface area contributed by atoms with Gasteiger partial charge in [0.2, 0.25) is 0 Å². The lowest BCUT2D eigenvalue weighted by molar-refractivity contribution is -0.124. The van der Waals surface area contributed by atoms with Gasteiger partial charge in [0.05, 0.1) is 0 Å². The summed E-state index contributed by atoms with van der Waals surface area (Å²) in [6.45, 7) is 4.32. The highest BCUT2D eigenvalue weighted by Crippen LogP contribution is 2.29. The SMILES string of the molecule is CC(C)c1ccc(N(C)C(=O)C2Cc3ccccc3O2)cc1. The first-order valence-electron chi connectivity index (χ1n) is 7.68. The number of rotatable bonds is 3. The Hall–Kier alpha value is -2.29. The van der Waals surface area contributed by atoms with Crippen molar-refractivity contribution in [2.75, 3.05) is 11.9 Å². The molecule has 1 amide bonds. The first kappa shape index (κ1) is 14.6. The van der Waals surface area contributed by atoms with Crippen LogP contribution in [0, 0.1) is 0 Å². The van der Waals surface area contributed by atoms with Gasteiger partial charge in [0.25, 0.3) is 5.91 Å². The van der Waals surface area contributed by atoms with Gasteiger partial charge in [-0.05, 0) is 35.2 Å². The van der Waals surface area contributed by atoms with Gasteiger partial charge < -0.3 is 9.64 Å². The van der Waals surface area contributed by atoms with Crippen LogP contribution < -0.4 is 9.64 Å². The number of carbonyl (C=O) groups excluding carboxylic acids is 1. The Kier molecular flexibility index (Phi) is 3.88. The van der Waals surface area contributed by atoms with E-state index in [0.29, 0.717) is 12.3 Å². The molecular formula is C19H21NO2. The topological polar surface area (TPSA) is 29.5 Å². The minimum atomic E-state index is -0.424. The second kappa shape index (κ2) is 5.84. The molecule has 0 saturated heterocycles. The average Bonchev–Trinajstić information content (AvgIpc) is 2.97. The molecular weight excluding hydrogens is 274 g/mol. The normalized spacial score (nSPS) is 16.3. The molecule has 0 spiro atoms. The van der Waals surface area contributed by atoms with Crippen LogP contribution >= 0.6 is 0 Å². The molecule has 3 rings (SSSR count). The van der Waals surface area contributed by atoms with Crippen LogP contribution in [0.2, 0.25) is 0 Å². The van der Waals surface area contributed by atoms with E-state index in [1.54, 1.807) is 11.9 Å². The quantitative estimate of drug-likeness (QED) is 0.862. The van der Waals surface area contributed by atoms with Gasteiger partial charge in [-0.25, -0.2) is 0 Å². The van der Waals surface area contributed by atoms with Gasteiger partial charge >= 0.3 is 0 Å². The second-order valence-corrected chi connectivity index (χ2v) is 6.06. The molecule has 22 heavy (non-hydrogen) atoms. The van der Waals surface area contributed by atoms with Crippen LogP contribution in [-0.4, -0.2) is 19.1 Å². The molecule has 3 nitrogen and oxygen atoms in total. The summed E-state index contributed by atoms with van der Waals surface area (Å²) in [5, 5.41) is 0. The van der Waals surface area contributed by atoms with Crippen LogP contribution in [-0.2, 0) is 11.2 Å². The molecule has 0 aliphatic carbocycles. The predicted octanol–water partition coefficient (Wildman–Crippen LogP) is 3.78. The van der Waals surface area contributed by atoms with Crippen molar-refractivity contribution in [3.05, 3.63) is 59.7 Å². The van der Waals surface area contributed by atoms with Crippen molar-refractivity contribution in [3.8, 4) is 5.75 Å². The maximum absolute atomic E-state index is 12.6. The molecule has 3 heteroatoms. The highest BCUT2D eigenvalue weighted by atomic mass is 16.5. The Labute approximate surface area is 131 Å². The van der Waals surface area contributed by atoms with Crippen molar-refractivity contribution in [1.29, 1.82) is 0 Å². The maximum Gasteiger partial charge on any atom is 0.268 e. The first-order valence-corrected chi connectivity index (χ1v) is 7.68. The zero-order chi connectivity index (χ0) is 15.7. The largest absolute Gasteiger partial charge is 0.480 e. The molecule has 0 N–H and O–H groups in total. The zero-order valence-corrected chi connectivity index (χ0v) is 13.2. The molecule has 1 atom stereocenters. The number of ether oxygens (including phenoxy) is 1. The summed E-state index contributed by atoms with van der Waals surface area (Å²) < 4.78 is 5.78. The van der Waals surface area contributed by atoms with Crippen molar-refractivity contribution in [2.24, 2.45) is 0 Å². The fourth-order valence-corrected chi connectivity index (χ4v) is 2.75. The van der Waals surface area contributed by atoms with Crippen LogP contribution in [0.3, 0.4) is 0 Å². The molecule has 0 bridgehead atoms. The van der Waals surface area contributed by atoms with Crippen molar-refractivity contribution >= 4 is 11.6 Å². The number of para-hydroxylation sites is 1. The Morgan fingerprint density at radius 3 is 2.45 bits per heavy atom. The fraction of sp³-hybridized carbons (Fsp3) is 0.316. The third-order valence-corrected chi connectivity index (χ3v) is 4.20. The molecule has 0 saturated carbocycles. The van der Waals surface area contributed by atoms with E-state index in [0.717, 1.165) is 17.0 Å². The summed E-state index contributed by atoms with van der Waals surface area (Å²) in [4.78, 5) is 14.3. The van der Waals surface area contributed by atoms with Gasteiger partial charge in [-0.15, -0.1) is 0 Å². The molecule has 2 aromatic carbocycles. The molecule has 114 valence electrons. The minimum Gasteiger partial charge on any atom is -0.480 e. The highest BCUT2D eigenvalue weighted by Gasteiger charge is 2.31. The third kappa shape index (κ3) is 2.71. The Morgan fingerprint density at radius 1 is 1.14 bits per heavy atom. The Bertz CT molecular complexity index is 651. The van der Waals surface area contributed by atoms with E-state index in [-0.39, 0.29) is 5.91 Å². The summed E-state index contributed by atoms with van der Waals surface area (Å²) in [5.41, 5.74) is 3.27. The molecule has 0 aromatic heterocycles. The molecule has 1 heterocycles. The van der Waals surface area contributed by atoms with Crippen LogP contribution in [0.1, 0.15) is 30.9 Å². The lowest BCUT2D eigenvalue weighted by Gasteiger charge is -2.21. The summed E-state index contributed by atoms with van der Waals surface area (Å²) in [6, 6.07) is 16.0. The van der Waals surface area contributed by atoms with Crippen molar-refractivity contribution in [2.45, 2.75) is 32.3 Å². The number of likely N-dealkylation sites (N-methyl/N-ethyl adjacent to an activating group) is 1. The number of anilines is 1. The highest BCUT2D eigenvalue weighted by molar-refractivity contribution is 5.97. The number of fused-ring (bicyclic) bond motifs is 1. The summed E-state index contributed by atoms with van der Waals surface area (Å²) >= 11 is 0. The standard InChI is InChI=1S/C19H21NO2/c1-13(2)14-8-10-16(11-9-14)20(3)19(21)18-12-15-6-4-5-7-17(15)22-18/h4-11,13,18H,12H2,1-3H3. The summed E-state index contributed by atoms with van der Waals surface area (Å²) in [6.07, 6.45) is 0.218. The molecule has 1 unspecified atom stereocenters. The third-order valence-electron chi connectivity index (χ3n) is 4.20. The summed E-state index contributed by atoms with van der Waals surface area (Å²) in [5.74, 6) is 1.31. The lowest BCUT2D eigenvalue weighted by Crippen LogP contribution is -2.39. The van der Waals surface area contributed by atoms with Gasteiger partial charge in [0, 0.05) is 19.2 Å². The van der Waals surface area contributed by atoms with E-state index in [9.17, 15) is 4.79 Å². The molecule has 1 aliphatic rings. The van der Waals surface area contributed by atoms with Gasteiger partial charge in [0.15, 0.2) is 6.10 Å². The second-order valence-electron chi connectivity index (χ2n) is 6.06. The lowest BCUT2D eigenvalue weighted by atomic mass is 10.0. The fourth-order valence-electron chi connectivity index (χ4n) is 2.75. The van der Waals surface area contributed by atoms with Crippen LogP contribution in [0.25, 0.3) is 0 Å². The van der Waals surface area contributed by atoms with Gasteiger partial charge in [-0.2, -0.15) is 0 Å². The Morgan fingerprint density at radius 2 is 1.82 bits per heavy atom. The van der Waals surface area contributed by atoms with Crippen molar-refractivity contribution < 1.29 is 9.53 Å². The van der Waals surface area contributed by atoms with Gasteiger partial charge in [-0.1, -0.05) is 44.2 Å². The van der Waals surface area contributed by atoms with E-state index >= 15 is 0 Å². The monoisotopic (exact) mass is 295 g/mol. The van der Waals surface area contributed by atoms with E-state index < -0.39 is 6.10 Å². The predicted molar refractivity (Wildman–Crippen MR) is 88.5 cm³/mol. The number of amides is 1. The molecule has 1 aliphatic heterocycles. The first-order chi connectivity index (χ1) is 10.6. The number of hydrogen-bond acceptors (Lipinski definition) is 2. The summed E-state index contributed by atoms with van der Waals surface area (Å²) in [7, 11) is 1.80. The van der Waals surface area contributed by atoms with Crippen LogP contribution in [0.4, 0.5) is 5.69 Å². The van der Waals surface area contributed by atoms with E-state index in [1.165, 1.54) is 5.56 Å². The van der Waals surface area contributed by atoms with E-state index in [2.05, 4.69) is 26.0 Å². The smallest absolute Gasteiger partial charge is 0.268 e. The minimum absolute atomic E-state index is 0.00602. The maximum atomic E-state index is 12.6. The van der Waals surface area contributed by atoms with Crippen molar-refractivity contribution in [1.82, 2.24) is 0 Å². The Balaban J connectivity index is 1.73. The van der Waals surface area contributed by atoms with Crippen LogP contribution in [0.15, 0.2) is 48.5 Å². The van der Waals surface area contributed by atoms with E-state index in [4.69, 9.17) is 4.74 Å². The molecule has 0 fully saturated rings. The van der Waals surface area contributed by atoms with Gasteiger partial charge in [-0.3, -0.25) is 4.79 Å². The van der Waals surface area contributed by atoms with Crippen molar-refractivity contribution in [3.63, 3.8) is 0 Å². The molecule has 2 aromatic rings. The van der Waals surface area contributed by atoms with E-state index in [1.807, 2.05) is 36.4 Å². The number of nitrogens with zero attached hydrogens (tertiary/aromatic N) is 1. The molecule has 0 radical (unpaired) electrons. The number of carbonyl (C=O) groups is 1.